The summed E-state index contributed by atoms with van der Waals surface area (Å²) in [7, 11) is 0. The summed E-state index contributed by atoms with van der Waals surface area (Å²) in [6.07, 6.45) is 1.71. The zero-order valence-corrected chi connectivity index (χ0v) is 11.4. The smallest absolute Gasteiger partial charge is 0.256 e. The van der Waals surface area contributed by atoms with Crippen molar-refractivity contribution >= 4 is 22.6 Å². The van der Waals surface area contributed by atoms with Crippen LogP contribution >= 0.6 is 0 Å². The highest BCUT2D eigenvalue weighted by Crippen LogP contribution is 2.25. The lowest BCUT2D eigenvalue weighted by molar-refractivity contribution is 0.102. The molecule has 0 aliphatic carbocycles. The van der Waals surface area contributed by atoms with Crippen LogP contribution in [-0.2, 0) is 0 Å². The molecule has 0 radical (unpaired) electrons. The SMILES string of the molecule is Cc1[nH]c2c(NC(=O)c3ccccc3)nccc2c1C. The zero-order chi connectivity index (χ0) is 14.1. The largest absolute Gasteiger partial charge is 0.355 e. The normalized spacial score (nSPS) is 10.7. The van der Waals surface area contributed by atoms with Crippen LogP contribution in [0.2, 0.25) is 0 Å². The van der Waals surface area contributed by atoms with Crippen molar-refractivity contribution in [2.24, 2.45) is 0 Å². The minimum Gasteiger partial charge on any atom is -0.355 e. The Hall–Kier alpha value is -2.62. The van der Waals surface area contributed by atoms with Gasteiger partial charge in [0.2, 0.25) is 0 Å². The number of nitrogens with zero attached hydrogens (tertiary/aromatic N) is 1. The summed E-state index contributed by atoms with van der Waals surface area (Å²) >= 11 is 0. The molecule has 0 saturated heterocycles. The van der Waals surface area contributed by atoms with Gasteiger partial charge in [-0.05, 0) is 37.6 Å². The number of anilines is 1. The molecule has 2 N–H and O–H groups in total. The first-order valence-electron chi connectivity index (χ1n) is 6.47. The molecule has 0 bridgehead atoms. The lowest BCUT2D eigenvalue weighted by Crippen LogP contribution is -2.13. The number of fused-ring (bicyclic) bond motifs is 1. The molecule has 2 aromatic heterocycles. The molecule has 0 saturated carbocycles. The number of aromatic amines is 1. The number of amides is 1. The number of nitrogens with one attached hydrogen (secondary N) is 2. The minimum atomic E-state index is -0.157. The third-order valence-electron chi connectivity index (χ3n) is 3.50. The lowest BCUT2D eigenvalue weighted by Gasteiger charge is -2.05. The Labute approximate surface area is 116 Å². The fourth-order valence-corrected chi connectivity index (χ4v) is 2.25. The first kappa shape index (κ1) is 12.4. The second kappa shape index (κ2) is 4.81. The first-order chi connectivity index (χ1) is 9.66. The van der Waals surface area contributed by atoms with Gasteiger partial charge in [0.1, 0.15) is 0 Å². The van der Waals surface area contributed by atoms with E-state index in [-0.39, 0.29) is 5.91 Å². The van der Waals surface area contributed by atoms with E-state index in [0.29, 0.717) is 11.4 Å². The highest BCUT2D eigenvalue weighted by molar-refractivity contribution is 6.07. The summed E-state index contributed by atoms with van der Waals surface area (Å²) in [5, 5.41) is 3.94. The van der Waals surface area contributed by atoms with E-state index < -0.39 is 0 Å². The third-order valence-corrected chi connectivity index (χ3v) is 3.50. The number of carbonyl (C=O) groups is 1. The highest BCUT2D eigenvalue weighted by Gasteiger charge is 2.12. The summed E-state index contributed by atoms with van der Waals surface area (Å²) in [5.74, 6) is 0.406. The summed E-state index contributed by atoms with van der Waals surface area (Å²) in [4.78, 5) is 19.7. The number of rotatable bonds is 2. The fraction of sp³-hybridized carbons (Fsp3) is 0.125. The van der Waals surface area contributed by atoms with Crippen molar-refractivity contribution in [2.75, 3.05) is 5.32 Å². The van der Waals surface area contributed by atoms with E-state index in [4.69, 9.17) is 0 Å². The van der Waals surface area contributed by atoms with Crippen molar-refractivity contribution in [2.45, 2.75) is 13.8 Å². The molecule has 1 aromatic carbocycles. The standard InChI is InChI=1S/C16H15N3O/c1-10-11(2)18-14-13(10)8-9-17-15(14)19-16(20)12-6-4-3-5-7-12/h3-9,18H,1-2H3,(H,17,19,20). The number of hydrogen-bond acceptors (Lipinski definition) is 2. The molecule has 0 aliphatic heterocycles. The molecule has 0 spiro atoms. The Morgan fingerprint density at radius 1 is 1.15 bits per heavy atom. The van der Waals surface area contributed by atoms with E-state index in [0.717, 1.165) is 16.6 Å². The van der Waals surface area contributed by atoms with Crippen LogP contribution in [0.1, 0.15) is 21.6 Å². The highest BCUT2D eigenvalue weighted by atomic mass is 16.1. The molecule has 3 rings (SSSR count). The van der Waals surface area contributed by atoms with E-state index in [9.17, 15) is 4.79 Å². The average molecular weight is 265 g/mol. The maximum Gasteiger partial charge on any atom is 0.256 e. The second-order valence-corrected chi connectivity index (χ2v) is 4.78. The molecule has 4 nitrogen and oxygen atoms in total. The Balaban J connectivity index is 1.99. The molecule has 0 fully saturated rings. The Kier molecular flexibility index (Phi) is 2.99. The number of benzene rings is 1. The maximum atomic E-state index is 12.2. The Morgan fingerprint density at radius 3 is 2.65 bits per heavy atom. The van der Waals surface area contributed by atoms with Crippen LogP contribution < -0.4 is 5.32 Å². The molecular formula is C16H15N3O. The van der Waals surface area contributed by atoms with Crippen molar-refractivity contribution in [1.82, 2.24) is 9.97 Å². The van der Waals surface area contributed by atoms with Gasteiger partial charge in [0, 0.05) is 22.8 Å². The number of hydrogen-bond donors (Lipinski definition) is 2. The summed E-state index contributed by atoms with van der Waals surface area (Å²) in [6.45, 7) is 4.06. The molecule has 4 heteroatoms. The van der Waals surface area contributed by atoms with E-state index >= 15 is 0 Å². The number of carbonyl (C=O) groups excluding carboxylic acids is 1. The molecule has 1 amide bonds. The van der Waals surface area contributed by atoms with E-state index in [2.05, 4.69) is 22.2 Å². The van der Waals surface area contributed by atoms with Gasteiger partial charge in [-0.1, -0.05) is 18.2 Å². The molecule has 20 heavy (non-hydrogen) atoms. The van der Waals surface area contributed by atoms with Crippen molar-refractivity contribution in [3.8, 4) is 0 Å². The van der Waals surface area contributed by atoms with E-state index in [1.807, 2.05) is 31.2 Å². The van der Waals surface area contributed by atoms with Gasteiger partial charge in [0.25, 0.3) is 5.91 Å². The van der Waals surface area contributed by atoms with Crippen LogP contribution in [0.4, 0.5) is 5.82 Å². The van der Waals surface area contributed by atoms with Gasteiger partial charge >= 0.3 is 0 Å². The van der Waals surface area contributed by atoms with Gasteiger partial charge in [-0.15, -0.1) is 0 Å². The molecule has 100 valence electrons. The topological polar surface area (TPSA) is 57.8 Å². The van der Waals surface area contributed by atoms with Crippen LogP contribution in [0, 0.1) is 13.8 Å². The average Bonchev–Trinajstić information content (AvgIpc) is 2.77. The van der Waals surface area contributed by atoms with Crippen molar-refractivity contribution in [3.05, 3.63) is 59.4 Å². The number of aryl methyl sites for hydroxylation is 2. The van der Waals surface area contributed by atoms with Crippen molar-refractivity contribution in [1.29, 1.82) is 0 Å². The predicted octanol–water partition coefficient (Wildman–Crippen LogP) is 3.43. The van der Waals surface area contributed by atoms with Gasteiger partial charge in [-0.25, -0.2) is 4.98 Å². The van der Waals surface area contributed by atoms with Gasteiger partial charge in [0.05, 0.1) is 5.52 Å². The van der Waals surface area contributed by atoms with E-state index in [1.54, 1.807) is 18.3 Å². The Bertz CT molecular complexity index is 775. The zero-order valence-electron chi connectivity index (χ0n) is 11.4. The van der Waals surface area contributed by atoms with Gasteiger partial charge < -0.3 is 10.3 Å². The number of pyridine rings is 1. The van der Waals surface area contributed by atoms with Crippen LogP contribution in [0.5, 0.6) is 0 Å². The third kappa shape index (κ3) is 2.05. The second-order valence-electron chi connectivity index (χ2n) is 4.78. The summed E-state index contributed by atoms with van der Waals surface area (Å²) in [5.41, 5.74) is 3.75. The first-order valence-corrected chi connectivity index (χ1v) is 6.47. The maximum absolute atomic E-state index is 12.2. The van der Waals surface area contributed by atoms with Crippen LogP contribution in [0.25, 0.3) is 10.9 Å². The number of aromatic nitrogens is 2. The number of H-pyrrole nitrogens is 1. The van der Waals surface area contributed by atoms with E-state index in [1.165, 1.54) is 5.56 Å². The molecule has 0 unspecified atom stereocenters. The lowest BCUT2D eigenvalue weighted by atomic mass is 10.2. The molecule has 2 heterocycles. The molecular weight excluding hydrogens is 250 g/mol. The summed E-state index contributed by atoms with van der Waals surface area (Å²) < 4.78 is 0. The van der Waals surface area contributed by atoms with Crippen LogP contribution in [0.15, 0.2) is 42.6 Å². The Morgan fingerprint density at radius 2 is 1.90 bits per heavy atom. The van der Waals surface area contributed by atoms with Crippen LogP contribution in [-0.4, -0.2) is 15.9 Å². The quantitative estimate of drug-likeness (QED) is 0.745. The van der Waals surface area contributed by atoms with Crippen molar-refractivity contribution < 1.29 is 4.79 Å². The molecule has 0 aliphatic rings. The fourth-order valence-electron chi connectivity index (χ4n) is 2.25. The van der Waals surface area contributed by atoms with Gasteiger partial charge in [-0.2, -0.15) is 0 Å². The predicted molar refractivity (Wildman–Crippen MR) is 80.0 cm³/mol. The van der Waals surface area contributed by atoms with Crippen molar-refractivity contribution in [3.63, 3.8) is 0 Å². The van der Waals surface area contributed by atoms with Gasteiger partial charge in [-0.3, -0.25) is 4.79 Å². The minimum absolute atomic E-state index is 0.157. The van der Waals surface area contributed by atoms with Crippen LogP contribution in [0.3, 0.4) is 0 Å². The molecule has 3 aromatic rings. The monoisotopic (exact) mass is 265 g/mol. The molecule has 0 atom stereocenters. The van der Waals surface area contributed by atoms with Gasteiger partial charge in [0.15, 0.2) is 5.82 Å². The summed E-state index contributed by atoms with van der Waals surface area (Å²) in [6, 6.07) is 11.1.